The van der Waals surface area contributed by atoms with E-state index in [1.54, 1.807) is 32.3 Å². The van der Waals surface area contributed by atoms with Gasteiger partial charge in [0.1, 0.15) is 11.7 Å². The number of nitriles is 1. The number of amides is 1. The van der Waals surface area contributed by atoms with Crippen LogP contribution in [-0.4, -0.2) is 59.5 Å². The fraction of sp³-hybridized carbons (Fsp3) is 0.500. The zero-order valence-electron chi connectivity index (χ0n) is 22.7. The van der Waals surface area contributed by atoms with Gasteiger partial charge in [0, 0.05) is 38.6 Å². The number of carbonyl (C=O) groups is 1. The van der Waals surface area contributed by atoms with Gasteiger partial charge >= 0.3 is 11.8 Å². The molecule has 39 heavy (non-hydrogen) atoms. The van der Waals surface area contributed by atoms with Gasteiger partial charge in [0.25, 0.3) is 5.56 Å². The second-order valence-electron chi connectivity index (χ2n) is 10.2. The summed E-state index contributed by atoms with van der Waals surface area (Å²) in [6.07, 6.45) is 3.82. The van der Waals surface area contributed by atoms with Crippen molar-refractivity contribution in [1.29, 1.82) is 5.26 Å². The summed E-state index contributed by atoms with van der Waals surface area (Å²) in [4.78, 5) is 54.2. The van der Waals surface area contributed by atoms with Crippen molar-refractivity contribution in [2.75, 3.05) is 18.0 Å². The highest BCUT2D eigenvalue weighted by atomic mass is 16.6. The Hall–Kier alpha value is -4.65. The van der Waals surface area contributed by atoms with Crippen LogP contribution < -0.4 is 21.5 Å². The van der Waals surface area contributed by atoms with Crippen molar-refractivity contribution >= 4 is 23.2 Å². The van der Waals surface area contributed by atoms with E-state index in [2.05, 4.69) is 27.1 Å². The van der Waals surface area contributed by atoms with Crippen LogP contribution in [0.1, 0.15) is 51.9 Å². The normalized spacial score (nSPS) is 15.4. The number of ether oxygens (including phenoxy) is 1. The largest absolute Gasteiger partial charge is 0.444 e. The Kier molecular flexibility index (Phi) is 7.72. The van der Waals surface area contributed by atoms with Crippen molar-refractivity contribution in [3.63, 3.8) is 0 Å². The topological polar surface area (TPSA) is 153 Å². The molecule has 1 amide bonds. The Morgan fingerprint density at radius 2 is 1.97 bits per heavy atom. The number of imidazole rings is 1. The molecule has 13 nitrogen and oxygen atoms in total. The van der Waals surface area contributed by atoms with Gasteiger partial charge < -0.3 is 15.0 Å². The SMILES string of the molecule is CC#CCn1c(N2CCCC(NC(=O)OC(C)(C)C)C2)nc2c1c(=O)n(Cc1nccnc1C#N)c(=O)n2C. The first-order valence-electron chi connectivity index (χ1n) is 12.6. The minimum absolute atomic E-state index is 0.0365. The van der Waals surface area contributed by atoms with E-state index in [0.29, 0.717) is 19.0 Å². The average Bonchev–Trinajstić information content (AvgIpc) is 3.27. The summed E-state index contributed by atoms with van der Waals surface area (Å²) in [7, 11) is 1.54. The van der Waals surface area contributed by atoms with Gasteiger partial charge in [0.05, 0.1) is 18.8 Å². The molecule has 204 valence electrons. The molecule has 4 heterocycles. The third kappa shape index (κ3) is 5.77. The number of alkyl carbamates (subject to hydrolysis) is 1. The molecule has 1 aliphatic heterocycles. The molecular formula is C26H31N9O4. The van der Waals surface area contributed by atoms with Crippen LogP contribution >= 0.6 is 0 Å². The summed E-state index contributed by atoms with van der Waals surface area (Å²) in [5, 5.41) is 12.3. The highest BCUT2D eigenvalue weighted by Gasteiger charge is 2.29. The highest BCUT2D eigenvalue weighted by Crippen LogP contribution is 2.23. The van der Waals surface area contributed by atoms with E-state index in [4.69, 9.17) is 9.72 Å². The Morgan fingerprint density at radius 1 is 1.23 bits per heavy atom. The first kappa shape index (κ1) is 27.4. The van der Waals surface area contributed by atoms with E-state index in [-0.39, 0.29) is 41.7 Å². The maximum Gasteiger partial charge on any atom is 0.407 e. The fourth-order valence-electron chi connectivity index (χ4n) is 4.53. The third-order valence-corrected chi connectivity index (χ3v) is 6.24. The number of fused-ring (bicyclic) bond motifs is 1. The van der Waals surface area contributed by atoms with Gasteiger partial charge in [-0.2, -0.15) is 10.2 Å². The van der Waals surface area contributed by atoms with Crippen LogP contribution in [-0.2, 0) is 24.9 Å². The number of rotatable bonds is 5. The molecule has 1 aliphatic rings. The molecule has 0 saturated carbocycles. The molecule has 0 radical (unpaired) electrons. The molecule has 4 rings (SSSR count). The summed E-state index contributed by atoms with van der Waals surface area (Å²) in [6, 6.07) is 1.75. The molecule has 1 unspecified atom stereocenters. The molecule has 3 aromatic heterocycles. The average molecular weight is 534 g/mol. The van der Waals surface area contributed by atoms with Crippen LogP contribution in [0, 0.1) is 23.2 Å². The van der Waals surface area contributed by atoms with Crippen LogP contribution in [0.3, 0.4) is 0 Å². The highest BCUT2D eigenvalue weighted by molar-refractivity contribution is 5.75. The predicted molar refractivity (Wildman–Crippen MR) is 143 cm³/mol. The first-order chi connectivity index (χ1) is 18.5. The maximum atomic E-state index is 13.7. The molecule has 1 saturated heterocycles. The summed E-state index contributed by atoms with van der Waals surface area (Å²) in [5.74, 6) is 6.32. The Balaban J connectivity index is 1.77. The standard InChI is InChI=1S/C26H31N9O4/c1-6-7-13-34-20-21(31-23(34)33-12-8-9-17(15-33)30-24(37)39-26(2,3)4)32(5)25(38)35(22(20)36)16-19-18(14-27)28-10-11-29-19/h10-11,17H,8-9,12-13,15-16H2,1-5H3,(H,30,37). The number of nitrogens with zero attached hydrogens (tertiary/aromatic N) is 8. The van der Waals surface area contributed by atoms with E-state index in [9.17, 15) is 19.6 Å². The minimum atomic E-state index is -0.616. The van der Waals surface area contributed by atoms with Crippen molar-refractivity contribution < 1.29 is 9.53 Å². The van der Waals surface area contributed by atoms with Crippen molar-refractivity contribution in [2.45, 2.75) is 65.3 Å². The fourth-order valence-corrected chi connectivity index (χ4v) is 4.53. The van der Waals surface area contributed by atoms with E-state index < -0.39 is 22.9 Å². The molecule has 13 heteroatoms. The second kappa shape index (κ2) is 11.0. The van der Waals surface area contributed by atoms with E-state index >= 15 is 0 Å². The van der Waals surface area contributed by atoms with Crippen LogP contribution in [0.25, 0.3) is 11.2 Å². The summed E-state index contributed by atoms with van der Waals surface area (Å²) in [5.41, 5.74) is -1.10. The summed E-state index contributed by atoms with van der Waals surface area (Å²) in [6.45, 7) is 8.15. The Labute approximate surface area is 225 Å². The lowest BCUT2D eigenvalue weighted by Crippen LogP contribution is -2.49. The smallest absolute Gasteiger partial charge is 0.407 e. The van der Waals surface area contributed by atoms with E-state index in [0.717, 1.165) is 17.4 Å². The van der Waals surface area contributed by atoms with Gasteiger partial charge in [0.15, 0.2) is 16.9 Å². The number of carbonyl (C=O) groups excluding carboxylic acids is 1. The molecule has 0 spiro atoms. The Morgan fingerprint density at radius 3 is 2.67 bits per heavy atom. The lowest BCUT2D eigenvalue weighted by molar-refractivity contribution is 0.0499. The minimum Gasteiger partial charge on any atom is -0.444 e. The molecule has 1 atom stereocenters. The van der Waals surface area contributed by atoms with Gasteiger partial charge in [-0.1, -0.05) is 5.92 Å². The molecule has 3 aromatic rings. The van der Waals surface area contributed by atoms with E-state index in [1.165, 1.54) is 24.0 Å². The van der Waals surface area contributed by atoms with Crippen molar-refractivity contribution in [2.24, 2.45) is 7.05 Å². The number of anilines is 1. The van der Waals surface area contributed by atoms with Gasteiger partial charge in [-0.05, 0) is 40.5 Å². The van der Waals surface area contributed by atoms with Crippen molar-refractivity contribution in [3.8, 4) is 17.9 Å². The monoisotopic (exact) mass is 533 g/mol. The van der Waals surface area contributed by atoms with Crippen LogP contribution in [0.2, 0.25) is 0 Å². The number of nitrogens with one attached hydrogen (secondary N) is 1. The quantitative estimate of drug-likeness (QED) is 0.475. The lowest BCUT2D eigenvalue weighted by Gasteiger charge is -2.34. The first-order valence-corrected chi connectivity index (χ1v) is 12.6. The van der Waals surface area contributed by atoms with Gasteiger partial charge in [0.2, 0.25) is 5.95 Å². The third-order valence-electron chi connectivity index (χ3n) is 6.24. The van der Waals surface area contributed by atoms with Gasteiger partial charge in [-0.3, -0.25) is 23.5 Å². The molecule has 0 bridgehead atoms. The number of aromatic nitrogens is 6. The summed E-state index contributed by atoms with van der Waals surface area (Å²) < 4.78 is 9.44. The molecule has 0 aliphatic carbocycles. The second-order valence-corrected chi connectivity index (χ2v) is 10.2. The number of piperidine rings is 1. The zero-order chi connectivity index (χ0) is 28.3. The molecular weight excluding hydrogens is 502 g/mol. The predicted octanol–water partition coefficient (Wildman–Crippen LogP) is 1.12. The number of hydrogen-bond acceptors (Lipinski definition) is 9. The van der Waals surface area contributed by atoms with Gasteiger partial charge in [-0.15, -0.1) is 5.92 Å². The van der Waals surface area contributed by atoms with Crippen LogP contribution in [0.4, 0.5) is 10.7 Å². The lowest BCUT2D eigenvalue weighted by atomic mass is 10.1. The van der Waals surface area contributed by atoms with Crippen LogP contribution in [0.15, 0.2) is 22.0 Å². The van der Waals surface area contributed by atoms with Crippen molar-refractivity contribution in [3.05, 3.63) is 44.6 Å². The summed E-state index contributed by atoms with van der Waals surface area (Å²) >= 11 is 0. The molecule has 0 aromatic carbocycles. The van der Waals surface area contributed by atoms with Crippen molar-refractivity contribution in [1.82, 2.24) is 34.0 Å². The Bertz CT molecular complexity index is 1630. The number of aryl methyl sites for hydroxylation is 1. The number of hydrogen-bond donors (Lipinski definition) is 1. The van der Waals surface area contributed by atoms with Gasteiger partial charge in [-0.25, -0.2) is 14.6 Å². The van der Waals surface area contributed by atoms with Crippen LogP contribution in [0.5, 0.6) is 0 Å². The van der Waals surface area contributed by atoms with E-state index in [1.807, 2.05) is 11.0 Å². The maximum absolute atomic E-state index is 13.7. The zero-order valence-corrected chi connectivity index (χ0v) is 22.7. The molecule has 1 N–H and O–H groups in total. The molecule has 1 fully saturated rings.